The Kier molecular flexibility index (Phi) is 3.78. The van der Waals surface area contributed by atoms with Crippen LogP contribution in [0.25, 0.3) is 16.3 Å². The molecule has 24 heavy (non-hydrogen) atoms. The molecular weight excluding hydrogens is 292 g/mol. The second-order valence-corrected chi connectivity index (χ2v) is 6.61. The third kappa shape index (κ3) is 2.67. The molecule has 3 aromatic carbocycles. The van der Waals surface area contributed by atoms with Crippen molar-refractivity contribution in [2.24, 2.45) is 5.92 Å². The molecule has 118 valence electrons. The van der Waals surface area contributed by atoms with Crippen molar-refractivity contribution in [1.29, 1.82) is 0 Å². The van der Waals surface area contributed by atoms with Crippen molar-refractivity contribution >= 4 is 22.1 Å². The number of benzene rings is 3. The normalized spacial score (nSPS) is 20.1. The summed E-state index contributed by atoms with van der Waals surface area (Å²) in [6, 6.07) is 25.4. The van der Waals surface area contributed by atoms with Gasteiger partial charge in [-0.1, -0.05) is 78.9 Å². The summed E-state index contributed by atoms with van der Waals surface area (Å²) in [5.41, 5.74) is 3.78. The molecule has 0 amide bonds. The van der Waals surface area contributed by atoms with Crippen molar-refractivity contribution in [3.63, 3.8) is 0 Å². The smallest absolute Gasteiger partial charge is 0.137 e. The standard InChI is InChI=1S/C23H20O/c1-16(24)22-14-21(17-7-3-2-4-8-17)15-23(22)20-12-11-18-9-5-6-10-19(18)13-20/h2-14,22-23H,15H2,1H3. The van der Waals surface area contributed by atoms with Crippen LogP contribution in [0.1, 0.15) is 30.4 Å². The quantitative estimate of drug-likeness (QED) is 0.614. The Morgan fingerprint density at radius 2 is 1.58 bits per heavy atom. The topological polar surface area (TPSA) is 17.1 Å². The Hall–Kier alpha value is -2.67. The number of hydrogen-bond donors (Lipinski definition) is 0. The van der Waals surface area contributed by atoms with Crippen LogP contribution in [-0.4, -0.2) is 5.78 Å². The Morgan fingerprint density at radius 1 is 0.875 bits per heavy atom. The minimum Gasteiger partial charge on any atom is -0.299 e. The van der Waals surface area contributed by atoms with Gasteiger partial charge in [-0.3, -0.25) is 4.79 Å². The molecule has 1 aliphatic carbocycles. The number of fused-ring (bicyclic) bond motifs is 1. The van der Waals surface area contributed by atoms with E-state index in [1.54, 1.807) is 6.92 Å². The SMILES string of the molecule is CC(=O)C1C=C(c2ccccc2)CC1c1ccc2ccccc2c1. The molecule has 1 nitrogen and oxygen atoms in total. The molecule has 3 aromatic rings. The van der Waals surface area contributed by atoms with Gasteiger partial charge in [-0.2, -0.15) is 0 Å². The van der Waals surface area contributed by atoms with Crippen LogP contribution in [0.5, 0.6) is 0 Å². The molecule has 0 aliphatic heterocycles. The fourth-order valence-electron chi connectivity index (χ4n) is 3.80. The van der Waals surface area contributed by atoms with Gasteiger partial charge in [-0.05, 0) is 40.8 Å². The van der Waals surface area contributed by atoms with E-state index in [4.69, 9.17) is 0 Å². The van der Waals surface area contributed by atoms with E-state index in [1.807, 2.05) is 6.07 Å². The van der Waals surface area contributed by atoms with Crippen LogP contribution in [0.3, 0.4) is 0 Å². The third-order valence-corrected chi connectivity index (χ3v) is 5.07. The minimum atomic E-state index is -0.0265. The van der Waals surface area contributed by atoms with Gasteiger partial charge in [0.15, 0.2) is 0 Å². The van der Waals surface area contributed by atoms with Gasteiger partial charge in [-0.25, -0.2) is 0 Å². The van der Waals surface area contributed by atoms with Gasteiger partial charge in [-0.15, -0.1) is 0 Å². The first kappa shape index (κ1) is 14.9. The summed E-state index contributed by atoms with van der Waals surface area (Å²) in [6.45, 7) is 1.71. The molecule has 1 aliphatic rings. The molecule has 0 saturated heterocycles. The average molecular weight is 312 g/mol. The zero-order valence-electron chi connectivity index (χ0n) is 13.8. The number of ketones is 1. The van der Waals surface area contributed by atoms with Gasteiger partial charge in [0, 0.05) is 11.8 Å². The van der Waals surface area contributed by atoms with Crippen LogP contribution in [0.15, 0.2) is 78.9 Å². The van der Waals surface area contributed by atoms with Crippen molar-refractivity contribution in [2.45, 2.75) is 19.3 Å². The summed E-state index contributed by atoms with van der Waals surface area (Å²) in [5.74, 6) is 0.461. The van der Waals surface area contributed by atoms with Crippen LogP contribution in [0, 0.1) is 5.92 Å². The molecular formula is C23H20O. The first-order valence-corrected chi connectivity index (χ1v) is 8.47. The van der Waals surface area contributed by atoms with Crippen LogP contribution in [0.2, 0.25) is 0 Å². The molecule has 0 fully saturated rings. The first-order chi connectivity index (χ1) is 11.7. The summed E-state index contributed by atoms with van der Waals surface area (Å²) in [6.07, 6.45) is 3.10. The molecule has 0 bridgehead atoms. The minimum absolute atomic E-state index is 0.0265. The lowest BCUT2D eigenvalue weighted by atomic mass is 9.85. The molecule has 0 N–H and O–H groups in total. The Morgan fingerprint density at radius 3 is 2.33 bits per heavy atom. The molecule has 0 heterocycles. The highest BCUT2D eigenvalue weighted by molar-refractivity contribution is 5.88. The Bertz CT molecular complexity index is 921. The summed E-state index contributed by atoms with van der Waals surface area (Å²) in [7, 11) is 0. The van der Waals surface area contributed by atoms with Crippen molar-refractivity contribution in [3.8, 4) is 0 Å². The molecule has 0 spiro atoms. The highest BCUT2D eigenvalue weighted by atomic mass is 16.1. The van der Waals surface area contributed by atoms with Gasteiger partial charge in [0.1, 0.15) is 5.78 Å². The second-order valence-electron chi connectivity index (χ2n) is 6.61. The lowest BCUT2D eigenvalue weighted by molar-refractivity contribution is -0.119. The monoisotopic (exact) mass is 312 g/mol. The number of hydrogen-bond acceptors (Lipinski definition) is 1. The van der Waals surface area contributed by atoms with Crippen molar-refractivity contribution in [3.05, 3.63) is 90.0 Å². The largest absolute Gasteiger partial charge is 0.299 e. The van der Waals surface area contributed by atoms with Crippen molar-refractivity contribution in [1.82, 2.24) is 0 Å². The van der Waals surface area contributed by atoms with E-state index in [0.717, 1.165) is 6.42 Å². The summed E-state index contributed by atoms with van der Waals surface area (Å²) >= 11 is 0. The molecule has 2 unspecified atom stereocenters. The zero-order valence-corrected chi connectivity index (χ0v) is 13.8. The van der Waals surface area contributed by atoms with Crippen LogP contribution in [0.4, 0.5) is 0 Å². The Balaban J connectivity index is 1.72. The van der Waals surface area contributed by atoms with Crippen molar-refractivity contribution in [2.75, 3.05) is 0 Å². The van der Waals surface area contributed by atoms with E-state index in [0.29, 0.717) is 0 Å². The van der Waals surface area contributed by atoms with Gasteiger partial charge in [0.2, 0.25) is 0 Å². The second kappa shape index (κ2) is 6.09. The van der Waals surface area contributed by atoms with Gasteiger partial charge in [0.05, 0.1) is 0 Å². The van der Waals surface area contributed by atoms with Crippen LogP contribution in [-0.2, 0) is 4.79 Å². The van der Waals surface area contributed by atoms with Gasteiger partial charge in [0.25, 0.3) is 0 Å². The maximum absolute atomic E-state index is 12.2. The van der Waals surface area contributed by atoms with E-state index in [-0.39, 0.29) is 17.6 Å². The zero-order chi connectivity index (χ0) is 16.5. The maximum Gasteiger partial charge on any atom is 0.137 e. The highest BCUT2D eigenvalue weighted by Gasteiger charge is 2.32. The number of allylic oxidation sites excluding steroid dienone is 2. The molecule has 0 aromatic heterocycles. The molecule has 1 heteroatoms. The van der Waals surface area contributed by atoms with Crippen molar-refractivity contribution < 1.29 is 4.79 Å². The maximum atomic E-state index is 12.2. The Labute approximate surface area is 142 Å². The predicted molar refractivity (Wildman–Crippen MR) is 99.9 cm³/mol. The van der Waals surface area contributed by atoms with E-state index < -0.39 is 0 Å². The predicted octanol–water partition coefficient (Wildman–Crippen LogP) is 5.62. The number of Topliss-reactive ketones (excluding diaryl/α,β-unsaturated/α-hetero) is 1. The number of rotatable bonds is 3. The van der Waals surface area contributed by atoms with E-state index in [1.165, 1.54) is 27.5 Å². The fourth-order valence-corrected chi connectivity index (χ4v) is 3.80. The lowest BCUT2D eigenvalue weighted by Crippen LogP contribution is -2.14. The van der Waals surface area contributed by atoms with E-state index in [9.17, 15) is 4.79 Å². The van der Waals surface area contributed by atoms with Crippen LogP contribution < -0.4 is 0 Å². The number of carbonyl (C=O) groups is 1. The van der Waals surface area contributed by atoms with E-state index >= 15 is 0 Å². The van der Waals surface area contributed by atoms with Crippen LogP contribution >= 0.6 is 0 Å². The highest BCUT2D eigenvalue weighted by Crippen LogP contribution is 2.43. The lowest BCUT2D eigenvalue weighted by Gasteiger charge is -2.18. The summed E-state index contributed by atoms with van der Waals surface area (Å²) in [5, 5.41) is 2.49. The average Bonchev–Trinajstić information content (AvgIpc) is 3.08. The summed E-state index contributed by atoms with van der Waals surface area (Å²) in [4.78, 5) is 12.2. The summed E-state index contributed by atoms with van der Waals surface area (Å²) < 4.78 is 0. The molecule has 0 saturated carbocycles. The fraction of sp³-hybridized carbons (Fsp3) is 0.174. The molecule has 4 rings (SSSR count). The van der Waals surface area contributed by atoms with Gasteiger partial charge >= 0.3 is 0 Å². The third-order valence-electron chi connectivity index (χ3n) is 5.07. The number of carbonyl (C=O) groups excluding carboxylic acids is 1. The first-order valence-electron chi connectivity index (χ1n) is 8.47. The molecule has 2 atom stereocenters. The molecule has 0 radical (unpaired) electrons. The van der Waals surface area contributed by atoms with Gasteiger partial charge < -0.3 is 0 Å². The van der Waals surface area contributed by atoms with E-state index in [2.05, 4.69) is 72.8 Å².